The maximum atomic E-state index is 12.1. The third-order valence-corrected chi connectivity index (χ3v) is 8.15. The van der Waals surface area contributed by atoms with Gasteiger partial charge in [0.25, 0.3) is 0 Å². The molecule has 1 saturated heterocycles. The number of aryl methyl sites for hydroxylation is 2. The molecule has 1 aromatic heterocycles. The summed E-state index contributed by atoms with van der Waals surface area (Å²) >= 11 is 0. The van der Waals surface area contributed by atoms with Gasteiger partial charge in [-0.25, -0.2) is 0 Å². The summed E-state index contributed by atoms with van der Waals surface area (Å²) in [6.45, 7) is 7.33. The fourth-order valence-corrected chi connectivity index (χ4v) is 5.97. The lowest BCUT2D eigenvalue weighted by Crippen LogP contribution is -2.33. The van der Waals surface area contributed by atoms with E-state index < -0.39 is 0 Å². The Morgan fingerprint density at radius 1 is 0.921 bits per heavy atom. The molecule has 1 aliphatic rings. The summed E-state index contributed by atoms with van der Waals surface area (Å²) in [6.07, 6.45) is 5.90. The largest absolute Gasteiger partial charge is 0.343 e. The van der Waals surface area contributed by atoms with Crippen LogP contribution >= 0.6 is 0 Å². The summed E-state index contributed by atoms with van der Waals surface area (Å²) in [6, 6.07) is 28.1. The van der Waals surface area contributed by atoms with Crippen LogP contribution in [0.25, 0.3) is 22.2 Å². The molecule has 0 atom stereocenters. The first-order chi connectivity index (χ1) is 18.5. The summed E-state index contributed by atoms with van der Waals surface area (Å²) < 4.78 is 2.37. The molecule has 0 radical (unpaired) electrons. The van der Waals surface area contributed by atoms with Crippen LogP contribution < -0.4 is 5.32 Å². The van der Waals surface area contributed by atoms with Gasteiger partial charge in [-0.15, -0.1) is 0 Å². The maximum Gasteiger partial charge on any atom is 0.226 e. The van der Waals surface area contributed by atoms with Crippen molar-refractivity contribution in [2.45, 2.75) is 51.9 Å². The van der Waals surface area contributed by atoms with Crippen molar-refractivity contribution in [1.82, 2.24) is 9.47 Å². The lowest BCUT2D eigenvalue weighted by molar-refractivity contribution is -0.118. The number of para-hydroxylation sites is 1. The smallest absolute Gasteiger partial charge is 0.226 e. The Bertz CT molecular complexity index is 1360. The van der Waals surface area contributed by atoms with Gasteiger partial charge in [-0.05, 0) is 92.5 Å². The number of likely N-dealkylation sites (tertiary alicyclic amines) is 1. The average molecular weight is 508 g/mol. The van der Waals surface area contributed by atoms with Crippen molar-refractivity contribution in [3.8, 4) is 11.3 Å². The quantitative estimate of drug-likeness (QED) is 0.236. The highest BCUT2D eigenvalue weighted by atomic mass is 16.1. The van der Waals surface area contributed by atoms with Crippen LogP contribution in [0.15, 0.2) is 78.9 Å². The van der Waals surface area contributed by atoms with E-state index in [1.165, 1.54) is 65.5 Å². The zero-order valence-electron chi connectivity index (χ0n) is 23.1. The van der Waals surface area contributed by atoms with Gasteiger partial charge in [-0.2, -0.15) is 0 Å². The van der Waals surface area contributed by atoms with Crippen molar-refractivity contribution in [2.75, 3.05) is 25.0 Å². The highest BCUT2D eigenvalue weighted by molar-refractivity contribution is 5.92. The second-order valence-electron chi connectivity index (χ2n) is 11.1. The molecule has 0 unspecified atom stereocenters. The van der Waals surface area contributed by atoms with Crippen molar-refractivity contribution >= 4 is 22.5 Å². The molecule has 1 aliphatic heterocycles. The molecule has 198 valence electrons. The van der Waals surface area contributed by atoms with Gasteiger partial charge in [0.1, 0.15) is 0 Å². The molecule has 4 heteroatoms. The van der Waals surface area contributed by atoms with Crippen molar-refractivity contribution in [3.63, 3.8) is 0 Å². The van der Waals surface area contributed by atoms with Gasteiger partial charge >= 0.3 is 0 Å². The van der Waals surface area contributed by atoms with Crippen LogP contribution in [0, 0.1) is 5.92 Å². The van der Waals surface area contributed by atoms with Crippen molar-refractivity contribution in [2.24, 2.45) is 13.0 Å². The Hall–Kier alpha value is -3.37. The number of piperidine rings is 1. The van der Waals surface area contributed by atoms with Gasteiger partial charge in [-0.1, -0.05) is 74.5 Å². The van der Waals surface area contributed by atoms with E-state index in [0.29, 0.717) is 5.92 Å². The average Bonchev–Trinajstić information content (AvgIpc) is 3.23. The number of unbranched alkanes of at least 4 members (excludes halogenated alkanes) is 1. The molecule has 0 saturated carbocycles. The number of fused-ring (bicyclic) bond motifs is 1. The molecule has 0 spiro atoms. The van der Waals surface area contributed by atoms with Crippen molar-refractivity contribution in [3.05, 3.63) is 90.0 Å². The molecule has 0 bridgehead atoms. The van der Waals surface area contributed by atoms with Gasteiger partial charge in [0.15, 0.2) is 0 Å². The third-order valence-electron chi connectivity index (χ3n) is 8.15. The standard InChI is InChI=1S/C34H41N3O/c1-25(2)34(38)35-29-15-11-14-28(24-29)26-19-22-37(23-20-26)21-10-9-17-31-30-16-7-8-18-32(30)36(3)33(31)27-12-5-4-6-13-27/h4-8,11-16,18,24-26H,9-10,17,19-23H2,1-3H3,(H,35,38). The zero-order valence-corrected chi connectivity index (χ0v) is 23.1. The van der Waals surface area contributed by atoms with Crippen molar-refractivity contribution < 1.29 is 4.79 Å². The van der Waals surface area contributed by atoms with E-state index in [4.69, 9.17) is 0 Å². The summed E-state index contributed by atoms with van der Waals surface area (Å²) in [5.74, 6) is 0.648. The van der Waals surface area contributed by atoms with E-state index in [2.05, 4.69) is 94.6 Å². The zero-order chi connectivity index (χ0) is 26.5. The van der Waals surface area contributed by atoms with E-state index >= 15 is 0 Å². The number of amides is 1. The minimum absolute atomic E-state index is 0.00701. The Kier molecular flexibility index (Phi) is 8.29. The first-order valence-electron chi connectivity index (χ1n) is 14.3. The first kappa shape index (κ1) is 26.2. The molecule has 2 heterocycles. The number of rotatable bonds is 9. The number of hydrogen-bond acceptors (Lipinski definition) is 2. The number of carbonyl (C=O) groups is 1. The predicted octanol–water partition coefficient (Wildman–Crippen LogP) is 7.64. The van der Waals surface area contributed by atoms with Crippen LogP contribution in [0.4, 0.5) is 5.69 Å². The van der Waals surface area contributed by atoms with Crippen LogP contribution in [-0.4, -0.2) is 35.0 Å². The van der Waals surface area contributed by atoms with E-state index in [1.807, 2.05) is 19.9 Å². The minimum atomic E-state index is -0.00701. The summed E-state index contributed by atoms with van der Waals surface area (Å²) in [7, 11) is 2.20. The molecular weight excluding hydrogens is 466 g/mol. The normalized spacial score (nSPS) is 14.8. The molecule has 0 aliphatic carbocycles. The van der Waals surface area contributed by atoms with Gasteiger partial charge in [0.2, 0.25) is 5.91 Å². The Labute approximate surface area is 227 Å². The Morgan fingerprint density at radius 3 is 2.42 bits per heavy atom. The van der Waals surface area contributed by atoms with Crippen LogP contribution in [-0.2, 0) is 18.3 Å². The topological polar surface area (TPSA) is 37.3 Å². The fraction of sp³-hybridized carbons (Fsp3) is 0.382. The monoisotopic (exact) mass is 507 g/mol. The molecule has 4 aromatic rings. The highest BCUT2D eigenvalue weighted by Crippen LogP contribution is 2.34. The molecule has 4 nitrogen and oxygen atoms in total. The number of aromatic nitrogens is 1. The number of carbonyl (C=O) groups excluding carboxylic acids is 1. The van der Waals surface area contributed by atoms with Crippen LogP contribution in [0.3, 0.4) is 0 Å². The summed E-state index contributed by atoms with van der Waals surface area (Å²) in [5, 5.41) is 4.44. The molecule has 3 aromatic carbocycles. The summed E-state index contributed by atoms with van der Waals surface area (Å²) in [4.78, 5) is 14.7. The minimum Gasteiger partial charge on any atom is -0.343 e. The van der Waals surface area contributed by atoms with Crippen LogP contribution in [0.5, 0.6) is 0 Å². The molecule has 1 fully saturated rings. The van der Waals surface area contributed by atoms with E-state index in [0.717, 1.165) is 25.2 Å². The fourth-order valence-electron chi connectivity index (χ4n) is 5.97. The van der Waals surface area contributed by atoms with Gasteiger partial charge in [-0.3, -0.25) is 4.79 Å². The van der Waals surface area contributed by atoms with Crippen molar-refractivity contribution in [1.29, 1.82) is 0 Å². The summed E-state index contributed by atoms with van der Waals surface area (Å²) in [5.41, 5.74) is 7.74. The molecule has 1 N–H and O–H groups in total. The van der Waals surface area contributed by atoms with E-state index in [-0.39, 0.29) is 11.8 Å². The molecule has 5 rings (SSSR count). The Balaban J connectivity index is 1.15. The number of nitrogens with one attached hydrogen (secondary N) is 1. The lowest BCUT2D eigenvalue weighted by Gasteiger charge is -2.32. The van der Waals surface area contributed by atoms with E-state index in [9.17, 15) is 4.79 Å². The second-order valence-corrected chi connectivity index (χ2v) is 11.1. The first-order valence-corrected chi connectivity index (χ1v) is 14.3. The van der Waals surface area contributed by atoms with Gasteiger partial charge < -0.3 is 14.8 Å². The predicted molar refractivity (Wildman–Crippen MR) is 160 cm³/mol. The van der Waals surface area contributed by atoms with Gasteiger partial charge in [0, 0.05) is 29.6 Å². The van der Waals surface area contributed by atoms with Gasteiger partial charge in [0.05, 0.1) is 5.69 Å². The third kappa shape index (κ3) is 5.86. The highest BCUT2D eigenvalue weighted by Gasteiger charge is 2.21. The second kappa shape index (κ2) is 12.0. The van der Waals surface area contributed by atoms with Crippen LogP contribution in [0.1, 0.15) is 56.6 Å². The van der Waals surface area contributed by atoms with E-state index in [1.54, 1.807) is 0 Å². The molecular formula is C34H41N3O. The number of benzene rings is 3. The van der Waals surface area contributed by atoms with Crippen LogP contribution in [0.2, 0.25) is 0 Å². The Morgan fingerprint density at radius 2 is 1.66 bits per heavy atom. The number of anilines is 1. The number of hydrogen-bond donors (Lipinski definition) is 1. The lowest BCUT2D eigenvalue weighted by atomic mass is 9.89. The molecule has 1 amide bonds. The molecule has 38 heavy (non-hydrogen) atoms. The maximum absolute atomic E-state index is 12.1. The SMILES string of the molecule is CC(C)C(=O)Nc1cccc(C2CCN(CCCCc3c(-c4ccccc4)n(C)c4ccccc34)CC2)c1. The number of nitrogens with zero attached hydrogens (tertiary/aromatic N) is 2.